The molecule has 0 heterocycles. The van der Waals surface area contributed by atoms with Crippen LogP contribution in [0.3, 0.4) is 0 Å². The summed E-state index contributed by atoms with van der Waals surface area (Å²) in [4.78, 5) is 0. The summed E-state index contributed by atoms with van der Waals surface area (Å²) < 4.78 is 21.6. The van der Waals surface area contributed by atoms with E-state index in [1.807, 2.05) is 6.07 Å². The van der Waals surface area contributed by atoms with Crippen LogP contribution in [0.1, 0.15) is 0 Å². The van der Waals surface area contributed by atoms with Crippen molar-refractivity contribution in [1.82, 2.24) is 0 Å². The van der Waals surface area contributed by atoms with Crippen LogP contribution in [-0.2, 0) is 4.57 Å². The average Bonchev–Trinajstić information content (AvgIpc) is 2.30. The summed E-state index contributed by atoms with van der Waals surface area (Å²) in [6.45, 7) is 0. The molecule has 0 aliphatic rings. The van der Waals surface area contributed by atoms with Crippen LogP contribution in [0, 0.1) is 0 Å². The molecule has 0 saturated carbocycles. The molecule has 2 rings (SSSR count). The Morgan fingerprint density at radius 1 is 0.882 bits per heavy atom. The van der Waals surface area contributed by atoms with E-state index in [2.05, 4.69) is 0 Å². The first kappa shape index (κ1) is 11.4. The van der Waals surface area contributed by atoms with Crippen LogP contribution in [0.5, 0.6) is 17.2 Å². The second-order valence-corrected chi connectivity index (χ2v) is 4.03. The van der Waals surface area contributed by atoms with Crippen LogP contribution in [0.4, 0.5) is 0 Å². The average molecular weight is 249 g/mol. The normalized spacial score (nSPS) is 10.7. The van der Waals surface area contributed by atoms with Crippen molar-refractivity contribution in [3.8, 4) is 17.2 Å². The number of rotatable bonds is 4. The molecule has 0 amide bonds. The second-order valence-electron chi connectivity index (χ2n) is 3.22. The fourth-order valence-corrected chi connectivity index (χ4v) is 1.83. The van der Waals surface area contributed by atoms with E-state index in [1.165, 1.54) is 12.1 Å². The topological polar surface area (TPSA) is 55.8 Å². The number of aromatic hydroxyl groups is 1. The molecule has 2 aromatic carbocycles. The zero-order chi connectivity index (χ0) is 12.1. The first-order chi connectivity index (χ1) is 8.24. The molecular weight excluding hydrogens is 239 g/mol. The van der Waals surface area contributed by atoms with E-state index in [1.54, 1.807) is 36.4 Å². The van der Waals surface area contributed by atoms with Crippen LogP contribution in [0.25, 0.3) is 0 Å². The maximum absolute atomic E-state index is 11.5. The van der Waals surface area contributed by atoms with E-state index >= 15 is 0 Å². The van der Waals surface area contributed by atoms with Crippen molar-refractivity contribution in [2.75, 3.05) is 0 Å². The van der Waals surface area contributed by atoms with Crippen molar-refractivity contribution in [1.29, 1.82) is 0 Å². The number of phenolic OH excluding ortho intramolecular Hbond substituents is 1. The van der Waals surface area contributed by atoms with Gasteiger partial charge in [-0.2, -0.15) is 0 Å². The highest BCUT2D eigenvalue weighted by atomic mass is 31.1. The van der Waals surface area contributed by atoms with E-state index < -0.39 is 8.25 Å². The largest absolute Gasteiger partial charge is 0.805 e. The van der Waals surface area contributed by atoms with E-state index in [-0.39, 0.29) is 5.75 Å². The van der Waals surface area contributed by atoms with E-state index in [9.17, 15) is 9.67 Å². The van der Waals surface area contributed by atoms with Crippen molar-refractivity contribution in [3.05, 3.63) is 54.6 Å². The van der Waals surface area contributed by atoms with E-state index in [0.29, 0.717) is 11.5 Å². The van der Waals surface area contributed by atoms with Gasteiger partial charge in [-0.25, -0.2) is 9.05 Å². The summed E-state index contributed by atoms with van der Waals surface area (Å²) in [5.74, 6) is 0.807. The van der Waals surface area contributed by atoms with E-state index in [4.69, 9.17) is 9.05 Å². The van der Waals surface area contributed by atoms with Gasteiger partial charge in [0.25, 0.3) is 0 Å². The van der Waals surface area contributed by atoms with Crippen LogP contribution in [-0.4, -0.2) is 5.11 Å². The first-order valence-electron chi connectivity index (χ1n) is 4.91. The minimum absolute atomic E-state index is 0.0469. The zero-order valence-corrected chi connectivity index (χ0v) is 9.71. The molecule has 0 aromatic heterocycles. The molecule has 17 heavy (non-hydrogen) atoms. The highest BCUT2D eigenvalue weighted by Crippen LogP contribution is 2.31. The molecule has 0 radical (unpaired) electrons. The summed E-state index contributed by atoms with van der Waals surface area (Å²) in [6.07, 6.45) is 0. The van der Waals surface area contributed by atoms with Crippen LogP contribution in [0.2, 0.25) is 0 Å². The fraction of sp³-hybridized carbons (Fsp3) is 0. The van der Waals surface area contributed by atoms with Gasteiger partial charge in [-0.3, -0.25) is 0 Å². The molecule has 2 aromatic rings. The van der Waals surface area contributed by atoms with Crippen molar-refractivity contribution < 1.29 is 18.7 Å². The van der Waals surface area contributed by atoms with Gasteiger partial charge >= 0.3 is 8.25 Å². The summed E-state index contributed by atoms with van der Waals surface area (Å²) >= 11 is 0. The number of para-hydroxylation sites is 1. The number of phenols is 1. The minimum atomic E-state index is -2.31. The smallest absolute Gasteiger partial charge is 0.508 e. The molecule has 0 aliphatic heterocycles. The minimum Gasteiger partial charge on any atom is -0.508 e. The van der Waals surface area contributed by atoms with Gasteiger partial charge in [0.05, 0.1) is 0 Å². The predicted octanol–water partition coefficient (Wildman–Crippen LogP) is 3.51. The molecule has 1 atom stereocenters. The molecule has 86 valence electrons. The lowest BCUT2D eigenvalue weighted by molar-refractivity contribution is 0.413. The van der Waals surface area contributed by atoms with Gasteiger partial charge in [-0.15, -0.1) is 0 Å². The SMILES string of the molecule is O=[P+](Oc1ccccc1)Oc1cccc(O)c1. The lowest BCUT2D eigenvalue weighted by Gasteiger charge is -1.94. The third kappa shape index (κ3) is 3.47. The lowest BCUT2D eigenvalue weighted by atomic mass is 10.3. The molecular formula is C12H10O4P+. The molecule has 4 nitrogen and oxygen atoms in total. The molecule has 5 heteroatoms. The Hall–Kier alpha value is -2.06. The van der Waals surface area contributed by atoms with Crippen molar-refractivity contribution in [2.45, 2.75) is 0 Å². The number of hydrogen-bond acceptors (Lipinski definition) is 4. The Balaban J connectivity index is 1.98. The number of benzene rings is 2. The quantitative estimate of drug-likeness (QED) is 0.842. The second kappa shape index (κ2) is 5.32. The van der Waals surface area contributed by atoms with Gasteiger partial charge in [0.2, 0.25) is 0 Å². The van der Waals surface area contributed by atoms with E-state index in [0.717, 1.165) is 0 Å². The Bertz CT molecular complexity index is 513. The molecule has 1 unspecified atom stereocenters. The highest BCUT2D eigenvalue weighted by molar-refractivity contribution is 7.34. The Morgan fingerprint density at radius 2 is 1.53 bits per heavy atom. The fourth-order valence-electron chi connectivity index (χ4n) is 1.21. The molecule has 0 saturated heterocycles. The first-order valence-corrected chi connectivity index (χ1v) is 6.01. The van der Waals surface area contributed by atoms with Gasteiger partial charge in [0.15, 0.2) is 11.5 Å². The van der Waals surface area contributed by atoms with Crippen LogP contribution in [0.15, 0.2) is 54.6 Å². The third-order valence-corrected chi connectivity index (χ3v) is 2.64. The lowest BCUT2D eigenvalue weighted by Crippen LogP contribution is -1.88. The Kier molecular flexibility index (Phi) is 3.58. The molecule has 1 N–H and O–H groups in total. The van der Waals surface area contributed by atoms with Gasteiger partial charge in [-0.05, 0) is 24.3 Å². The summed E-state index contributed by atoms with van der Waals surface area (Å²) in [6, 6.07) is 14.8. The molecule has 0 aliphatic carbocycles. The van der Waals surface area contributed by atoms with Crippen molar-refractivity contribution >= 4 is 8.25 Å². The zero-order valence-electron chi connectivity index (χ0n) is 8.82. The van der Waals surface area contributed by atoms with Gasteiger partial charge in [0.1, 0.15) is 5.75 Å². The third-order valence-electron chi connectivity index (χ3n) is 1.92. The van der Waals surface area contributed by atoms with Crippen molar-refractivity contribution in [3.63, 3.8) is 0 Å². The molecule has 0 fully saturated rings. The van der Waals surface area contributed by atoms with Gasteiger partial charge < -0.3 is 5.11 Å². The van der Waals surface area contributed by atoms with Crippen LogP contribution >= 0.6 is 8.25 Å². The van der Waals surface area contributed by atoms with Crippen LogP contribution < -0.4 is 9.05 Å². The highest BCUT2D eigenvalue weighted by Gasteiger charge is 2.23. The molecule has 0 bridgehead atoms. The monoisotopic (exact) mass is 249 g/mol. The Morgan fingerprint density at radius 3 is 2.24 bits per heavy atom. The molecule has 0 spiro atoms. The predicted molar refractivity (Wildman–Crippen MR) is 63.4 cm³/mol. The summed E-state index contributed by atoms with van der Waals surface area (Å²) in [7, 11) is -2.31. The van der Waals surface area contributed by atoms with Gasteiger partial charge in [0, 0.05) is 10.6 Å². The Labute approximate surface area is 99.4 Å². The maximum atomic E-state index is 11.5. The van der Waals surface area contributed by atoms with Gasteiger partial charge in [-0.1, -0.05) is 24.3 Å². The standard InChI is InChI=1S/C12H9O4P/c13-10-5-4-8-12(9-10)16-17(14)15-11-6-2-1-3-7-11/h1-9H/p+1. The summed E-state index contributed by atoms with van der Waals surface area (Å²) in [5, 5.41) is 9.20. The number of hydrogen-bond donors (Lipinski definition) is 1. The summed E-state index contributed by atoms with van der Waals surface area (Å²) in [5.41, 5.74) is 0. The maximum Gasteiger partial charge on any atom is 0.805 e. The van der Waals surface area contributed by atoms with Crippen molar-refractivity contribution in [2.24, 2.45) is 0 Å².